The lowest BCUT2D eigenvalue weighted by Crippen LogP contribution is -2.48. The summed E-state index contributed by atoms with van der Waals surface area (Å²) in [6, 6.07) is 14.1. The molecule has 2 aromatic carbocycles. The summed E-state index contributed by atoms with van der Waals surface area (Å²) in [5.74, 6) is 4.12. The highest BCUT2D eigenvalue weighted by molar-refractivity contribution is 9.10. The van der Waals surface area contributed by atoms with Crippen molar-refractivity contribution in [2.45, 2.75) is 44.1 Å². The Morgan fingerprint density at radius 3 is 2.74 bits per heavy atom. The molecular formula is C27H29BrN2O3S. The van der Waals surface area contributed by atoms with E-state index in [1.54, 1.807) is 18.9 Å². The van der Waals surface area contributed by atoms with Crippen molar-refractivity contribution in [2.24, 2.45) is 5.92 Å². The van der Waals surface area contributed by atoms with Gasteiger partial charge in [0.15, 0.2) is 17.0 Å². The number of carbonyl (C=O) groups is 1. The Morgan fingerprint density at radius 2 is 2.03 bits per heavy atom. The molecule has 3 atom stereocenters. The number of para-hydroxylation sites is 1. The van der Waals surface area contributed by atoms with Gasteiger partial charge in [-0.05, 0) is 70.6 Å². The third-order valence-corrected chi connectivity index (χ3v) is 7.98. The molecule has 1 aliphatic carbocycles. The van der Waals surface area contributed by atoms with E-state index in [4.69, 9.17) is 15.9 Å². The summed E-state index contributed by atoms with van der Waals surface area (Å²) >= 11 is 5.12. The zero-order valence-electron chi connectivity index (χ0n) is 19.4. The fourth-order valence-corrected chi connectivity index (χ4v) is 6.38. The molecule has 0 spiro atoms. The van der Waals surface area contributed by atoms with Crippen LogP contribution in [0.5, 0.6) is 11.5 Å². The predicted octanol–water partition coefficient (Wildman–Crippen LogP) is 6.36. The van der Waals surface area contributed by atoms with Crippen molar-refractivity contribution in [3.05, 3.63) is 57.4 Å². The summed E-state index contributed by atoms with van der Waals surface area (Å²) in [4.78, 5) is 16.5. The van der Waals surface area contributed by atoms with Gasteiger partial charge in [0.1, 0.15) is 6.61 Å². The minimum atomic E-state index is -0.157. The monoisotopic (exact) mass is 540 g/mol. The smallest absolute Gasteiger partial charge is 0.262 e. The molecular weight excluding hydrogens is 512 g/mol. The Balaban J connectivity index is 1.66. The maximum Gasteiger partial charge on any atom is 0.262 e. The Labute approximate surface area is 214 Å². The van der Waals surface area contributed by atoms with Gasteiger partial charge in [-0.15, -0.1) is 6.42 Å². The second-order valence-corrected chi connectivity index (χ2v) is 10.5. The highest BCUT2D eigenvalue weighted by Crippen LogP contribution is 2.43. The first kappa shape index (κ1) is 24.6. The zero-order valence-corrected chi connectivity index (χ0v) is 21.8. The molecule has 1 aliphatic heterocycles. The normalized spacial score (nSPS) is 23.6. The van der Waals surface area contributed by atoms with Gasteiger partial charge >= 0.3 is 0 Å². The maximum absolute atomic E-state index is 13.7. The van der Waals surface area contributed by atoms with Crippen LogP contribution >= 0.6 is 27.7 Å². The number of nitrogens with one attached hydrogen (secondary N) is 1. The molecule has 0 aromatic heterocycles. The van der Waals surface area contributed by atoms with Crippen LogP contribution in [0, 0.1) is 18.3 Å². The van der Waals surface area contributed by atoms with Crippen LogP contribution < -0.4 is 14.8 Å². The lowest BCUT2D eigenvalue weighted by Gasteiger charge is -2.39. The van der Waals surface area contributed by atoms with Crippen LogP contribution in [0.1, 0.15) is 38.2 Å². The first-order valence-electron chi connectivity index (χ1n) is 11.5. The van der Waals surface area contributed by atoms with Gasteiger partial charge in [-0.25, -0.2) is 0 Å². The van der Waals surface area contributed by atoms with E-state index < -0.39 is 0 Å². The number of benzene rings is 2. The summed E-state index contributed by atoms with van der Waals surface area (Å²) in [5, 5.41) is 3.58. The standard InChI is InChI=1S/C27H29BrN2O3S/c1-4-14-33-25-21(28)15-19(16-23(25)32-3)17-24-26(31)30(22-13-9-8-10-18(22)2)27(34-24)29-20-11-6-5-7-12-20/h1,5-7,11-12,15-18,22,27,29H,8-10,13-14H2,2-3H3/b24-17-/t18-,22-,27?/m0/s1. The maximum atomic E-state index is 13.7. The number of nitrogens with zero attached hydrogens (tertiary/aromatic N) is 1. The van der Waals surface area contributed by atoms with Crippen molar-refractivity contribution >= 4 is 45.4 Å². The third-order valence-electron chi connectivity index (χ3n) is 6.27. The first-order chi connectivity index (χ1) is 16.5. The molecule has 178 valence electrons. The lowest BCUT2D eigenvalue weighted by molar-refractivity contribution is -0.129. The molecule has 1 saturated heterocycles. The number of hydrogen-bond acceptors (Lipinski definition) is 5. The fourth-order valence-electron chi connectivity index (χ4n) is 4.60. The third kappa shape index (κ3) is 5.39. The van der Waals surface area contributed by atoms with E-state index in [9.17, 15) is 4.79 Å². The molecule has 0 bridgehead atoms. The van der Waals surface area contributed by atoms with E-state index in [0.717, 1.165) is 35.0 Å². The van der Waals surface area contributed by atoms with E-state index in [2.05, 4.69) is 39.0 Å². The second-order valence-electron chi connectivity index (χ2n) is 8.56. The first-order valence-corrected chi connectivity index (χ1v) is 13.2. The molecule has 0 radical (unpaired) electrons. The summed E-state index contributed by atoms with van der Waals surface area (Å²) in [6.45, 7) is 2.41. The van der Waals surface area contributed by atoms with Crippen LogP contribution in [0.25, 0.3) is 6.08 Å². The van der Waals surface area contributed by atoms with E-state index in [1.807, 2.05) is 48.5 Å². The number of thioether (sulfide) groups is 1. The van der Waals surface area contributed by atoms with E-state index in [-0.39, 0.29) is 24.1 Å². The average molecular weight is 542 g/mol. The van der Waals surface area contributed by atoms with Gasteiger partial charge in [-0.3, -0.25) is 4.79 Å². The van der Waals surface area contributed by atoms with Gasteiger partial charge in [0.2, 0.25) is 0 Å². The van der Waals surface area contributed by atoms with E-state index in [1.165, 1.54) is 6.42 Å². The number of halogens is 1. The highest BCUT2D eigenvalue weighted by Gasteiger charge is 2.42. The van der Waals surface area contributed by atoms with Gasteiger partial charge in [0, 0.05) is 11.7 Å². The summed E-state index contributed by atoms with van der Waals surface area (Å²) in [6.07, 6.45) is 11.8. The van der Waals surface area contributed by atoms with Crippen molar-refractivity contribution in [1.29, 1.82) is 0 Å². The van der Waals surface area contributed by atoms with Crippen LogP contribution in [-0.2, 0) is 4.79 Å². The minimum Gasteiger partial charge on any atom is -0.493 e. The molecule has 4 rings (SSSR count). The van der Waals surface area contributed by atoms with Gasteiger partial charge in [0.25, 0.3) is 5.91 Å². The van der Waals surface area contributed by atoms with E-state index >= 15 is 0 Å². The number of anilines is 1. The van der Waals surface area contributed by atoms with Gasteiger partial charge in [-0.2, -0.15) is 0 Å². The summed E-state index contributed by atoms with van der Waals surface area (Å²) in [5.41, 5.74) is 1.70. The Bertz CT molecular complexity index is 1100. The number of terminal acetylenes is 1. The molecule has 7 heteroatoms. The molecule has 1 heterocycles. The Kier molecular flexibility index (Phi) is 8.12. The summed E-state index contributed by atoms with van der Waals surface area (Å²) in [7, 11) is 1.59. The quantitative estimate of drug-likeness (QED) is 0.327. The van der Waals surface area contributed by atoms with Crippen LogP contribution in [-0.4, -0.2) is 36.1 Å². The molecule has 2 fully saturated rings. The van der Waals surface area contributed by atoms with Crippen molar-refractivity contribution in [3.63, 3.8) is 0 Å². The molecule has 2 aliphatic rings. The molecule has 2 aromatic rings. The highest BCUT2D eigenvalue weighted by atomic mass is 79.9. The topological polar surface area (TPSA) is 50.8 Å². The predicted molar refractivity (Wildman–Crippen MR) is 143 cm³/mol. The second kappa shape index (κ2) is 11.2. The lowest BCUT2D eigenvalue weighted by atomic mass is 9.85. The molecule has 5 nitrogen and oxygen atoms in total. The molecule has 1 unspecified atom stereocenters. The number of ether oxygens (including phenoxy) is 2. The van der Waals surface area contributed by atoms with Crippen LogP contribution in [0.3, 0.4) is 0 Å². The number of rotatable bonds is 7. The van der Waals surface area contributed by atoms with Gasteiger partial charge < -0.3 is 19.7 Å². The fraction of sp³-hybridized carbons (Fsp3) is 0.370. The van der Waals surface area contributed by atoms with Crippen LogP contribution in [0.2, 0.25) is 0 Å². The Hall–Kier alpha value is -2.56. The molecule has 1 N–H and O–H groups in total. The zero-order chi connectivity index (χ0) is 24.1. The molecule has 1 saturated carbocycles. The summed E-state index contributed by atoms with van der Waals surface area (Å²) < 4.78 is 11.9. The number of methoxy groups -OCH3 is 1. The van der Waals surface area contributed by atoms with Crippen LogP contribution in [0.4, 0.5) is 5.69 Å². The average Bonchev–Trinajstić information content (AvgIpc) is 3.13. The largest absolute Gasteiger partial charge is 0.493 e. The number of hydrogen-bond donors (Lipinski definition) is 1. The van der Waals surface area contributed by atoms with Crippen LogP contribution in [0.15, 0.2) is 51.8 Å². The van der Waals surface area contributed by atoms with Gasteiger partial charge in [-0.1, -0.05) is 55.6 Å². The SMILES string of the molecule is C#CCOc1c(Br)cc(/C=C2\SC(Nc3ccccc3)N([C@H]3CCCC[C@@H]3C)C2=O)cc1OC. The molecule has 1 amide bonds. The van der Waals surface area contributed by atoms with Crippen molar-refractivity contribution in [3.8, 4) is 23.8 Å². The van der Waals surface area contributed by atoms with Crippen molar-refractivity contribution in [1.82, 2.24) is 4.90 Å². The minimum absolute atomic E-state index is 0.0694. The Morgan fingerprint density at radius 1 is 1.26 bits per heavy atom. The number of amides is 1. The van der Waals surface area contributed by atoms with Crippen molar-refractivity contribution < 1.29 is 14.3 Å². The molecule has 34 heavy (non-hydrogen) atoms. The van der Waals surface area contributed by atoms with Crippen molar-refractivity contribution in [2.75, 3.05) is 19.0 Å². The van der Waals surface area contributed by atoms with Gasteiger partial charge in [0.05, 0.1) is 16.5 Å². The van der Waals surface area contributed by atoms with E-state index in [0.29, 0.717) is 22.3 Å². The number of carbonyl (C=O) groups excluding carboxylic acids is 1.